The van der Waals surface area contributed by atoms with E-state index < -0.39 is 30.2 Å². The van der Waals surface area contributed by atoms with Gasteiger partial charge in [-0.2, -0.15) is 0 Å². The number of halogens is 1. The van der Waals surface area contributed by atoms with Crippen LogP contribution >= 0.6 is 22.9 Å². The molecule has 10 heteroatoms. The van der Waals surface area contributed by atoms with Gasteiger partial charge < -0.3 is 26.2 Å². The number of benzene rings is 2. The number of fused-ring (bicyclic) bond motifs is 1. The lowest BCUT2D eigenvalue weighted by atomic mass is 9.81. The Hall–Kier alpha value is -3.14. The van der Waals surface area contributed by atoms with E-state index in [0.717, 1.165) is 51.2 Å². The van der Waals surface area contributed by atoms with Gasteiger partial charge in [0.15, 0.2) is 5.13 Å². The molecule has 5 rings (SSSR count). The van der Waals surface area contributed by atoms with Gasteiger partial charge in [0.25, 0.3) is 0 Å². The number of anilines is 2. The molecule has 0 amide bonds. The maximum Gasteiger partial charge on any atom is 0.307 e. The van der Waals surface area contributed by atoms with Crippen molar-refractivity contribution >= 4 is 45.7 Å². The van der Waals surface area contributed by atoms with E-state index >= 15 is 0 Å². The fourth-order valence-electron chi connectivity index (χ4n) is 5.89. The first-order valence-electron chi connectivity index (χ1n) is 13.9. The van der Waals surface area contributed by atoms with Crippen LogP contribution in [0.25, 0.3) is 11.3 Å². The molecule has 0 spiro atoms. The predicted octanol–water partition coefficient (Wildman–Crippen LogP) is 6.08. The lowest BCUT2D eigenvalue weighted by molar-refractivity contribution is -0.149. The first kappa shape index (κ1) is 28.4. The fraction of sp³-hybridized carbons (Fsp3) is 0.433. The van der Waals surface area contributed by atoms with Crippen molar-refractivity contribution in [3.05, 3.63) is 63.5 Å². The molecular formula is C30H35ClN4O4S. The summed E-state index contributed by atoms with van der Waals surface area (Å²) in [6.45, 7) is 2.58. The van der Waals surface area contributed by atoms with Gasteiger partial charge >= 0.3 is 11.9 Å². The average Bonchev–Trinajstić information content (AvgIpc) is 3.59. The van der Waals surface area contributed by atoms with Crippen molar-refractivity contribution < 1.29 is 19.8 Å². The number of nitrogens with zero attached hydrogens (tertiary/aromatic N) is 1. The summed E-state index contributed by atoms with van der Waals surface area (Å²) in [5, 5.41) is 33.0. The van der Waals surface area contributed by atoms with Gasteiger partial charge in [0.2, 0.25) is 0 Å². The normalized spacial score (nSPS) is 18.1. The predicted molar refractivity (Wildman–Crippen MR) is 159 cm³/mol. The minimum Gasteiger partial charge on any atom is -0.481 e. The highest BCUT2D eigenvalue weighted by Gasteiger charge is 2.34. The molecule has 2 unspecified atom stereocenters. The fourth-order valence-corrected chi connectivity index (χ4v) is 6.86. The van der Waals surface area contributed by atoms with Crippen LogP contribution in [0.3, 0.4) is 0 Å². The SMILES string of the molecule is O=C(O)CC(C(=O)O)C1CNCCc2c1ccc(Cl)c2NCc1ccc(-c2csc(NCC3CCCC3)n2)cc1. The second-order valence-corrected chi connectivity index (χ2v) is 12.0. The van der Waals surface area contributed by atoms with Crippen LogP contribution in [0, 0.1) is 11.8 Å². The van der Waals surface area contributed by atoms with Crippen LogP contribution < -0.4 is 16.0 Å². The third-order valence-corrected chi connectivity index (χ3v) is 9.17. The van der Waals surface area contributed by atoms with E-state index in [0.29, 0.717) is 31.1 Å². The van der Waals surface area contributed by atoms with E-state index in [-0.39, 0.29) is 0 Å². The summed E-state index contributed by atoms with van der Waals surface area (Å²) in [5.74, 6) is -2.98. The number of hydrogen-bond donors (Lipinski definition) is 5. The summed E-state index contributed by atoms with van der Waals surface area (Å²) >= 11 is 8.26. The van der Waals surface area contributed by atoms with Gasteiger partial charge in [-0.3, -0.25) is 9.59 Å². The molecule has 1 aliphatic heterocycles. The zero-order valence-corrected chi connectivity index (χ0v) is 23.9. The summed E-state index contributed by atoms with van der Waals surface area (Å²) in [4.78, 5) is 28.2. The summed E-state index contributed by atoms with van der Waals surface area (Å²) in [5.41, 5.74) is 5.65. The topological polar surface area (TPSA) is 124 Å². The van der Waals surface area contributed by atoms with Crippen LogP contribution in [0.2, 0.25) is 5.02 Å². The number of aliphatic carboxylic acids is 2. The molecule has 1 fully saturated rings. The number of carbonyl (C=O) groups is 2. The van der Waals surface area contributed by atoms with Gasteiger partial charge in [-0.25, -0.2) is 4.98 Å². The molecule has 0 saturated heterocycles. The number of thiazole rings is 1. The largest absolute Gasteiger partial charge is 0.481 e. The average molecular weight is 583 g/mol. The van der Waals surface area contributed by atoms with Gasteiger partial charge in [-0.1, -0.05) is 54.8 Å². The summed E-state index contributed by atoms with van der Waals surface area (Å²) in [6, 6.07) is 11.9. The number of rotatable bonds is 11. The molecule has 1 aromatic heterocycles. The molecule has 2 aliphatic rings. The number of carboxylic acids is 2. The van der Waals surface area contributed by atoms with Crippen LogP contribution in [-0.2, 0) is 22.6 Å². The Bertz CT molecular complexity index is 1340. The Labute approximate surface area is 243 Å². The molecule has 2 atom stereocenters. The van der Waals surface area contributed by atoms with Crippen LogP contribution in [0.4, 0.5) is 10.8 Å². The maximum absolute atomic E-state index is 12.0. The second-order valence-electron chi connectivity index (χ2n) is 10.7. The molecule has 3 aromatic rings. The number of nitrogens with one attached hydrogen (secondary N) is 3. The number of carboxylic acid groups (broad SMARTS) is 2. The monoisotopic (exact) mass is 582 g/mol. The molecule has 0 radical (unpaired) electrons. The third-order valence-electron chi connectivity index (χ3n) is 8.05. The van der Waals surface area contributed by atoms with Crippen LogP contribution in [0.5, 0.6) is 0 Å². The van der Waals surface area contributed by atoms with E-state index in [1.54, 1.807) is 17.4 Å². The molecule has 1 aliphatic carbocycles. The van der Waals surface area contributed by atoms with Crippen molar-refractivity contribution in [2.75, 3.05) is 30.3 Å². The Morgan fingerprint density at radius 3 is 2.60 bits per heavy atom. The van der Waals surface area contributed by atoms with Gasteiger partial charge in [0.05, 0.1) is 28.7 Å². The van der Waals surface area contributed by atoms with Crippen molar-refractivity contribution in [3.8, 4) is 11.3 Å². The third kappa shape index (κ3) is 6.77. The van der Waals surface area contributed by atoms with E-state index in [2.05, 4.69) is 45.6 Å². The molecule has 212 valence electrons. The second kappa shape index (κ2) is 13.0. The Balaban J connectivity index is 1.28. The Kier molecular flexibility index (Phi) is 9.24. The lowest BCUT2D eigenvalue weighted by Crippen LogP contribution is -2.31. The van der Waals surface area contributed by atoms with Crippen molar-refractivity contribution in [1.29, 1.82) is 0 Å². The summed E-state index contributed by atoms with van der Waals surface area (Å²) in [7, 11) is 0. The van der Waals surface area contributed by atoms with E-state index in [9.17, 15) is 19.8 Å². The standard InChI is InChI=1S/C30H35ClN4O4S/c31-25-10-9-21-22(11-12-32-16-24(21)23(29(38)39)13-27(36)37)28(25)33-14-19-5-7-20(8-6-19)26-17-40-30(35-26)34-15-18-3-1-2-4-18/h5-10,17-18,23-24,32-33H,1-4,11-16H2,(H,34,35)(H,36,37)(H,38,39). The Morgan fingerprint density at radius 1 is 1.10 bits per heavy atom. The van der Waals surface area contributed by atoms with Gasteiger partial charge in [-0.15, -0.1) is 11.3 Å². The summed E-state index contributed by atoms with van der Waals surface area (Å²) < 4.78 is 0. The highest BCUT2D eigenvalue weighted by atomic mass is 35.5. The van der Waals surface area contributed by atoms with E-state index in [1.165, 1.54) is 25.7 Å². The number of hydrogen-bond acceptors (Lipinski definition) is 7. The minimum atomic E-state index is -1.12. The van der Waals surface area contributed by atoms with E-state index in [4.69, 9.17) is 16.6 Å². The van der Waals surface area contributed by atoms with Gasteiger partial charge in [-0.05, 0) is 54.5 Å². The van der Waals surface area contributed by atoms with Crippen molar-refractivity contribution in [2.45, 2.75) is 51.0 Å². The lowest BCUT2D eigenvalue weighted by Gasteiger charge is -2.25. The maximum atomic E-state index is 12.0. The van der Waals surface area contributed by atoms with Crippen molar-refractivity contribution in [1.82, 2.24) is 10.3 Å². The molecule has 40 heavy (non-hydrogen) atoms. The highest BCUT2D eigenvalue weighted by molar-refractivity contribution is 7.14. The zero-order chi connectivity index (χ0) is 28.1. The summed E-state index contributed by atoms with van der Waals surface area (Å²) in [6.07, 6.45) is 5.52. The first-order chi connectivity index (χ1) is 19.4. The van der Waals surface area contributed by atoms with Crippen molar-refractivity contribution in [2.24, 2.45) is 11.8 Å². The minimum absolute atomic E-state index is 0.397. The van der Waals surface area contributed by atoms with Crippen LogP contribution in [0.15, 0.2) is 41.8 Å². The van der Waals surface area contributed by atoms with Crippen molar-refractivity contribution in [3.63, 3.8) is 0 Å². The smallest absolute Gasteiger partial charge is 0.307 e. The van der Waals surface area contributed by atoms with Crippen LogP contribution in [-0.4, -0.2) is 46.8 Å². The Morgan fingerprint density at radius 2 is 1.88 bits per heavy atom. The molecule has 2 aromatic carbocycles. The zero-order valence-electron chi connectivity index (χ0n) is 22.3. The van der Waals surface area contributed by atoms with Gasteiger partial charge in [0, 0.05) is 36.5 Å². The molecule has 2 heterocycles. The highest BCUT2D eigenvalue weighted by Crippen LogP contribution is 2.38. The molecular weight excluding hydrogens is 548 g/mol. The quantitative estimate of drug-likeness (QED) is 0.184. The molecule has 1 saturated carbocycles. The van der Waals surface area contributed by atoms with Crippen LogP contribution in [0.1, 0.15) is 54.7 Å². The first-order valence-corrected chi connectivity index (χ1v) is 15.1. The van der Waals surface area contributed by atoms with E-state index in [1.807, 2.05) is 6.07 Å². The number of aromatic nitrogens is 1. The molecule has 0 bridgehead atoms. The molecule has 5 N–H and O–H groups in total. The van der Waals surface area contributed by atoms with Gasteiger partial charge in [0.1, 0.15) is 0 Å². The molecule has 8 nitrogen and oxygen atoms in total.